The molecule has 7 nitrogen and oxygen atoms in total. The Morgan fingerprint density at radius 3 is 2.69 bits per heavy atom. The molecule has 0 radical (unpaired) electrons. The van der Waals surface area contributed by atoms with E-state index in [1.807, 2.05) is 0 Å². The minimum absolute atomic E-state index is 0.0369. The molecule has 0 saturated carbocycles. The number of pyridine rings is 1. The normalized spacial score (nSPS) is 14.5. The van der Waals surface area contributed by atoms with Gasteiger partial charge in [-0.1, -0.05) is 0 Å². The molecule has 0 aliphatic carbocycles. The van der Waals surface area contributed by atoms with Crippen molar-refractivity contribution in [3.8, 4) is 28.7 Å². The number of hydrogen-bond donors (Lipinski definition) is 1. The van der Waals surface area contributed by atoms with Crippen molar-refractivity contribution < 1.29 is 28.4 Å². The van der Waals surface area contributed by atoms with E-state index in [2.05, 4.69) is 9.88 Å². The topological polar surface area (TPSA) is 73.3 Å². The van der Waals surface area contributed by atoms with Crippen LogP contribution < -0.4 is 14.2 Å². The maximum atomic E-state index is 14.3. The average Bonchev–Trinajstić information content (AvgIpc) is 2.80. The fourth-order valence-corrected chi connectivity index (χ4v) is 3.62. The lowest BCUT2D eigenvalue weighted by molar-refractivity contribution is 0.0357. The first-order valence-corrected chi connectivity index (χ1v) is 10.6. The summed E-state index contributed by atoms with van der Waals surface area (Å²) in [7, 11) is 1.57. The summed E-state index contributed by atoms with van der Waals surface area (Å²) in [6, 6.07) is 7.69. The minimum atomic E-state index is -0.558. The van der Waals surface area contributed by atoms with E-state index in [0.717, 1.165) is 39.3 Å². The number of ether oxygens (including phenoxy) is 4. The Kier molecular flexibility index (Phi) is 6.92. The summed E-state index contributed by atoms with van der Waals surface area (Å²) in [5.74, 6) is 0.861. The largest absolute Gasteiger partial charge is 0.508 e. The SMILES string of the molecule is COc1cc2c(Oc3cc(O)c(C)cc3F)ccnc2cc1OCCCN1CCOCC1. The zero-order chi connectivity index (χ0) is 22.5. The van der Waals surface area contributed by atoms with E-state index < -0.39 is 5.82 Å². The van der Waals surface area contributed by atoms with E-state index in [4.69, 9.17) is 18.9 Å². The van der Waals surface area contributed by atoms with Gasteiger partial charge >= 0.3 is 0 Å². The molecule has 1 aromatic heterocycles. The van der Waals surface area contributed by atoms with Crippen molar-refractivity contribution in [3.05, 3.63) is 47.9 Å². The van der Waals surface area contributed by atoms with Crippen LogP contribution in [0, 0.1) is 12.7 Å². The van der Waals surface area contributed by atoms with E-state index in [0.29, 0.717) is 40.3 Å². The summed E-state index contributed by atoms with van der Waals surface area (Å²) in [4.78, 5) is 6.75. The Labute approximate surface area is 186 Å². The average molecular weight is 442 g/mol. The number of aromatic hydroxyl groups is 1. The summed E-state index contributed by atoms with van der Waals surface area (Å²) >= 11 is 0. The van der Waals surface area contributed by atoms with Crippen LogP contribution in [0.3, 0.4) is 0 Å². The quantitative estimate of drug-likeness (QED) is 0.522. The standard InChI is InChI=1S/C24H27FN2O5/c1-16-12-18(25)22(15-20(16)28)32-21-4-5-26-19-14-24(23(29-2)13-17(19)21)31-9-3-6-27-7-10-30-11-8-27/h4-5,12-15,28H,3,6-11H2,1-2H3. The molecule has 1 aliphatic heterocycles. The number of nitrogens with zero attached hydrogens (tertiary/aromatic N) is 2. The predicted octanol–water partition coefficient (Wildman–Crippen LogP) is 4.29. The fraction of sp³-hybridized carbons (Fsp3) is 0.375. The first-order chi connectivity index (χ1) is 15.5. The van der Waals surface area contributed by atoms with Gasteiger partial charge in [-0.3, -0.25) is 9.88 Å². The van der Waals surface area contributed by atoms with E-state index in [1.54, 1.807) is 38.4 Å². The van der Waals surface area contributed by atoms with Crippen molar-refractivity contribution in [2.24, 2.45) is 0 Å². The van der Waals surface area contributed by atoms with Gasteiger partial charge in [0.2, 0.25) is 0 Å². The van der Waals surface area contributed by atoms with E-state index in [1.165, 1.54) is 12.1 Å². The van der Waals surface area contributed by atoms with Gasteiger partial charge in [-0.05, 0) is 37.1 Å². The molecule has 0 unspecified atom stereocenters. The van der Waals surface area contributed by atoms with Gasteiger partial charge in [-0.2, -0.15) is 0 Å². The molecule has 170 valence electrons. The second-order valence-corrected chi connectivity index (χ2v) is 7.66. The van der Waals surface area contributed by atoms with Crippen LogP contribution in [0.15, 0.2) is 36.5 Å². The molecule has 0 atom stereocenters. The van der Waals surface area contributed by atoms with E-state index >= 15 is 0 Å². The molecule has 2 heterocycles. The molecular weight excluding hydrogens is 415 g/mol. The zero-order valence-electron chi connectivity index (χ0n) is 18.3. The monoisotopic (exact) mass is 442 g/mol. The molecule has 1 N–H and O–H groups in total. The number of benzene rings is 2. The summed E-state index contributed by atoms with van der Waals surface area (Å²) in [6.07, 6.45) is 2.46. The Balaban J connectivity index is 1.51. The number of methoxy groups -OCH3 is 1. The molecule has 0 amide bonds. The lowest BCUT2D eigenvalue weighted by Gasteiger charge is -2.26. The highest BCUT2D eigenvalue weighted by Crippen LogP contribution is 2.38. The molecule has 3 aromatic rings. The smallest absolute Gasteiger partial charge is 0.166 e. The van der Waals surface area contributed by atoms with Crippen LogP contribution in [-0.2, 0) is 4.74 Å². The van der Waals surface area contributed by atoms with Gasteiger partial charge in [-0.25, -0.2) is 4.39 Å². The Bertz CT molecular complexity index is 1090. The van der Waals surface area contributed by atoms with Gasteiger partial charge in [0.25, 0.3) is 0 Å². The van der Waals surface area contributed by atoms with Gasteiger partial charge in [0.1, 0.15) is 11.5 Å². The zero-order valence-corrected chi connectivity index (χ0v) is 18.3. The molecule has 32 heavy (non-hydrogen) atoms. The summed E-state index contributed by atoms with van der Waals surface area (Å²) in [6.45, 7) is 6.57. The highest BCUT2D eigenvalue weighted by atomic mass is 19.1. The lowest BCUT2D eigenvalue weighted by atomic mass is 10.1. The van der Waals surface area contributed by atoms with Gasteiger partial charge in [-0.15, -0.1) is 0 Å². The van der Waals surface area contributed by atoms with E-state index in [-0.39, 0.29) is 11.5 Å². The van der Waals surface area contributed by atoms with Crippen LogP contribution in [0.2, 0.25) is 0 Å². The molecule has 1 aliphatic rings. The highest BCUT2D eigenvalue weighted by Gasteiger charge is 2.15. The molecule has 1 saturated heterocycles. The van der Waals surface area contributed by atoms with Crippen molar-refractivity contribution in [3.63, 3.8) is 0 Å². The number of halogens is 1. The number of rotatable bonds is 8. The minimum Gasteiger partial charge on any atom is -0.508 e. The molecule has 0 spiro atoms. The van der Waals surface area contributed by atoms with Crippen LogP contribution in [0.5, 0.6) is 28.7 Å². The fourth-order valence-electron chi connectivity index (χ4n) is 3.62. The van der Waals surface area contributed by atoms with Crippen molar-refractivity contribution in [2.45, 2.75) is 13.3 Å². The third-order valence-electron chi connectivity index (χ3n) is 5.44. The number of fused-ring (bicyclic) bond motifs is 1. The Hall–Kier alpha value is -3.10. The lowest BCUT2D eigenvalue weighted by Crippen LogP contribution is -2.37. The Morgan fingerprint density at radius 1 is 1.09 bits per heavy atom. The van der Waals surface area contributed by atoms with Crippen molar-refractivity contribution >= 4 is 10.9 Å². The third kappa shape index (κ3) is 5.03. The molecule has 4 rings (SSSR count). The second-order valence-electron chi connectivity index (χ2n) is 7.66. The van der Waals surface area contributed by atoms with Crippen molar-refractivity contribution in [2.75, 3.05) is 46.6 Å². The van der Waals surface area contributed by atoms with Crippen LogP contribution in [0.1, 0.15) is 12.0 Å². The summed E-state index contributed by atoms with van der Waals surface area (Å²) in [5.41, 5.74) is 1.06. The molecular formula is C24H27FN2O5. The molecule has 1 fully saturated rings. The first-order valence-electron chi connectivity index (χ1n) is 10.6. The predicted molar refractivity (Wildman–Crippen MR) is 119 cm³/mol. The van der Waals surface area contributed by atoms with Gasteiger partial charge in [0.05, 0.1) is 32.4 Å². The van der Waals surface area contributed by atoms with Gasteiger partial charge in [0, 0.05) is 43.4 Å². The number of morpholine rings is 1. The molecule has 2 aromatic carbocycles. The molecule has 8 heteroatoms. The van der Waals surface area contributed by atoms with Crippen LogP contribution in [0.25, 0.3) is 10.9 Å². The van der Waals surface area contributed by atoms with Crippen LogP contribution in [0.4, 0.5) is 4.39 Å². The number of aromatic nitrogens is 1. The van der Waals surface area contributed by atoms with Gasteiger partial charge in [0.15, 0.2) is 23.1 Å². The van der Waals surface area contributed by atoms with Gasteiger partial charge < -0.3 is 24.1 Å². The van der Waals surface area contributed by atoms with Crippen molar-refractivity contribution in [1.29, 1.82) is 0 Å². The maximum Gasteiger partial charge on any atom is 0.166 e. The second kappa shape index (κ2) is 10.0. The Morgan fingerprint density at radius 2 is 1.91 bits per heavy atom. The highest BCUT2D eigenvalue weighted by molar-refractivity contribution is 5.88. The summed E-state index contributed by atoms with van der Waals surface area (Å²) in [5, 5.41) is 10.6. The van der Waals surface area contributed by atoms with Crippen molar-refractivity contribution in [1.82, 2.24) is 9.88 Å². The first kappa shape index (κ1) is 22.1. The third-order valence-corrected chi connectivity index (χ3v) is 5.44. The number of phenols is 1. The van der Waals surface area contributed by atoms with Crippen LogP contribution in [-0.4, -0.2) is 61.6 Å². The maximum absolute atomic E-state index is 14.3. The number of phenolic OH excluding ortho intramolecular Hbond substituents is 1. The van der Waals surface area contributed by atoms with Crippen LogP contribution >= 0.6 is 0 Å². The molecule has 0 bridgehead atoms. The number of hydrogen-bond acceptors (Lipinski definition) is 7. The van der Waals surface area contributed by atoms with E-state index in [9.17, 15) is 9.50 Å². The summed E-state index contributed by atoms with van der Waals surface area (Å²) < 4.78 is 37.0. The number of aryl methyl sites for hydroxylation is 1.